The minimum absolute atomic E-state index is 0.348. The van der Waals surface area contributed by atoms with Crippen LogP contribution in [0.25, 0.3) is 0 Å². The van der Waals surface area contributed by atoms with E-state index >= 15 is 0 Å². The van der Waals surface area contributed by atoms with Gasteiger partial charge >= 0.3 is 75.0 Å². The van der Waals surface area contributed by atoms with E-state index < -0.39 is 19.8 Å². The molecular weight excluding hydrogens is 249 g/mol. The molecule has 0 fully saturated rings. The average Bonchev–Trinajstić information content (AvgIpc) is 2.04. The zero-order valence-electron chi connectivity index (χ0n) is 6.63. The zero-order chi connectivity index (χ0) is 8.27. The molecule has 0 aromatic carbocycles. The number of halogens is 1. The van der Waals surface area contributed by atoms with Gasteiger partial charge in [0.25, 0.3) is 0 Å². The van der Waals surface area contributed by atoms with E-state index in [1.807, 2.05) is 0 Å². The van der Waals surface area contributed by atoms with Crippen molar-refractivity contribution in [2.45, 2.75) is 11.0 Å². The van der Waals surface area contributed by atoms with Gasteiger partial charge in [0.2, 0.25) is 0 Å². The Kier molecular flexibility index (Phi) is 3.05. The summed E-state index contributed by atoms with van der Waals surface area (Å²) in [7, 11) is 0. The number of nitrogens with zero attached hydrogens (tertiary/aromatic N) is 1. The predicted octanol–water partition coefficient (Wildman–Crippen LogP) is 3.14. The van der Waals surface area contributed by atoms with Crippen LogP contribution in [-0.2, 0) is 0 Å². The SMILES string of the molecule is C=CI1C=C(C)C=CC1N=C. The van der Waals surface area contributed by atoms with Crippen LogP contribution in [0.5, 0.6) is 0 Å². The molecule has 0 spiro atoms. The van der Waals surface area contributed by atoms with Gasteiger partial charge in [-0.1, -0.05) is 0 Å². The van der Waals surface area contributed by atoms with Crippen molar-refractivity contribution in [3.63, 3.8) is 0 Å². The Bertz CT molecular complexity index is 228. The van der Waals surface area contributed by atoms with Gasteiger partial charge in [0, 0.05) is 0 Å². The van der Waals surface area contributed by atoms with Gasteiger partial charge in [-0.15, -0.1) is 0 Å². The second kappa shape index (κ2) is 3.85. The molecule has 0 aromatic rings. The van der Waals surface area contributed by atoms with Crippen molar-refractivity contribution >= 4 is 26.5 Å². The van der Waals surface area contributed by atoms with Crippen LogP contribution in [0, 0.1) is 0 Å². The Labute approximate surface area is 75.0 Å². The molecule has 1 unspecified atom stereocenters. The van der Waals surface area contributed by atoms with Gasteiger partial charge < -0.3 is 0 Å². The Morgan fingerprint density at radius 1 is 1.73 bits per heavy atom. The molecule has 0 amide bonds. The molecule has 0 aromatic heterocycles. The van der Waals surface area contributed by atoms with Crippen LogP contribution < -0.4 is 0 Å². The topological polar surface area (TPSA) is 12.4 Å². The standard InChI is InChI=1S/C9H12IN/c1-4-10-7-8(2)5-6-9(10)11-3/h4-7,9H,1,3H2,2H3. The Morgan fingerprint density at radius 2 is 2.45 bits per heavy atom. The quantitative estimate of drug-likeness (QED) is 0.313. The first-order chi connectivity index (χ1) is 5.27. The summed E-state index contributed by atoms with van der Waals surface area (Å²) in [5.41, 5.74) is 1.34. The van der Waals surface area contributed by atoms with Crippen LogP contribution in [0.3, 0.4) is 0 Å². The van der Waals surface area contributed by atoms with E-state index in [0.29, 0.717) is 4.05 Å². The van der Waals surface area contributed by atoms with Crippen molar-refractivity contribution in [3.8, 4) is 0 Å². The van der Waals surface area contributed by atoms with Gasteiger partial charge in [-0.3, -0.25) is 0 Å². The van der Waals surface area contributed by atoms with Crippen molar-refractivity contribution in [2.75, 3.05) is 0 Å². The summed E-state index contributed by atoms with van der Waals surface area (Å²) >= 11 is -1.16. The molecule has 0 saturated heterocycles. The van der Waals surface area contributed by atoms with Crippen molar-refractivity contribution in [1.29, 1.82) is 0 Å². The third kappa shape index (κ3) is 2.02. The maximum absolute atomic E-state index is 4.05. The second-order valence-electron chi connectivity index (χ2n) is 2.30. The first kappa shape index (κ1) is 8.71. The molecule has 0 bridgehead atoms. The number of hydrogen-bond donors (Lipinski definition) is 0. The van der Waals surface area contributed by atoms with Crippen molar-refractivity contribution in [3.05, 3.63) is 32.5 Å². The molecule has 1 aliphatic rings. The van der Waals surface area contributed by atoms with Crippen LogP contribution >= 0.6 is 19.8 Å². The van der Waals surface area contributed by atoms with Crippen molar-refractivity contribution in [2.24, 2.45) is 4.99 Å². The molecule has 1 rings (SSSR count). The summed E-state index contributed by atoms with van der Waals surface area (Å²) in [5.74, 6) is 0. The fraction of sp³-hybridized carbons (Fsp3) is 0.222. The molecule has 1 nitrogen and oxygen atoms in total. The van der Waals surface area contributed by atoms with E-state index in [1.54, 1.807) is 0 Å². The van der Waals surface area contributed by atoms with Gasteiger partial charge in [-0.2, -0.15) is 0 Å². The summed E-state index contributed by atoms with van der Waals surface area (Å²) in [5, 5.41) is 0. The zero-order valence-corrected chi connectivity index (χ0v) is 8.78. The molecule has 1 atom stereocenters. The summed E-state index contributed by atoms with van der Waals surface area (Å²) in [4.78, 5) is 4.05. The summed E-state index contributed by atoms with van der Waals surface area (Å²) in [6, 6.07) is 0. The Balaban J connectivity index is 2.82. The van der Waals surface area contributed by atoms with Crippen molar-refractivity contribution in [1.82, 2.24) is 0 Å². The third-order valence-electron chi connectivity index (χ3n) is 1.43. The predicted molar refractivity (Wildman–Crippen MR) is 60.5 cm³/mol. The first-order valence-electron chi connectivity index (χ1n) is 3.38. The van der Waals surface area contributed by atoms with E-state index in [4.69, 9.17) is 0 Å². The van der Waals surface area contributed by atoms with Crippen LogP contribution in [0.1, 0.15) is 6.92 Å². The maximum atomic E-state index is 4.05. The second-order valence-corrected chi connectivity index (χ2v) is 7.24. The van der Waals surface area contributed by atoms with Gasteiger partial charge in [-0.25, -0.2) is 0 Å². The van der Waals surface area contributed by atoms with Gasteiger partial charge in [0.15, 0.2) is 0 Å². The monoisotopic (exact) mass is 261 g/mol. The fourth-order valence-electron chi connectivity index (χ4n) is 0.891. The number of allylic oxidation sites excluding steroid dienone is 2. The number of aliphatic imine (C=N–C) groups is 1. The first-order valence-corrected chi connectivity index (χ1v) is 7.12. The van der Waals surface area contributed by atoms with Gasteiger partial charge in [-0.05, 0) is 0 Å². The summed E-state index contributed by atoms with van der Waals surface area (Å²) < 4.78 is 4.73. The molecule has 2 heteroatoms. The van der Waals surface area contributed by atoms with E-state index in [2.05, 4.69) is 45.5 Å². The fourth-order valence-corrected chi connectivity index (χ4v) is 4.52. The van der Waals surface area contributed by atoms with Gasteiger partial charge in [0.1, 0.15) is 0 Å². The van der Waals surface area contributed by atoms with Crippen LogP contribution in [0.4, 0.5) is 0 Å². The number of hydrogen-bond acceptors (Lipinski definition) is 1. The molecule has 0 aliphatic carbocycles. The van der Waals surface area contributed by atoms with Crippen LogP contribution in [0.2, 0.25) is 0 Å². The third-order valence-corrected chi connectivity index (χ3v) is 6.43. The van der Waals surface area contributed by atoms with Crippen LogP contribution in [0.15, 0.2) is 37.5 Å². The van der Waals surface area contributed by atoms with E-state index in [-0.39, 0.29) is 0 Å². The molecule has 1 aliphatic heterocycles. The average molecular weight is 261 g/mol. The number of alkyl halides is 1. The van der Waals surface area contributed by atoms with Gasteiger partial charge in [0.05, 0.1) is 0 Å². The summed E-state index contributed by atoms with van der Waals surface area (Å²) in [6.07, 6.45) is 4.24. The molecule has 11 heavy (non-hydrogen) atoms. The van der Waals surface area contributed by atoms with Crippen molar-refractivity contribution < 1.29 is 0 Å². The Hall–Kier alpha value is -0.380. The molecular formula is C9H12IN. The molecule has 0 N–H and O–H groups in total. The van der Waals surface area contributed by atoms with E-state index in [9.17, 15) is 0 Å². The van der Waals surface area contributed by atoms with E-state index in [1.165, 1.54) is 5.57 Å². The summed E-state index contributed by atoms with van der Waals surface area (Å²) in [6.45, 7) is 9.50. The molecule has 0 radical (unpaired) electrons. The minimum atomic E-state index is -1.16. The molecule has 1 heterocycles. The van der Waals surface area contributed by atoms with Crippen LogP contribution in [-0.4, -0.2) is 10.8 Å². The Morgan fingerprint density at radius 3 is 3.00 bits per heavy atom. The van der Waals surface area contributed by atoms with E-state index in [0.717, 1.165) is 0 Å². The normalized spacial score (nSPS) is 26.1. The molecule has 0 saturated carbocycles. The number of rotatable bonds is 2. The molecule has 60 valence electrons.